The summed E-state index contributed by atoms with van der Waals surface area (Å²) in [6.45, 7) is 6.13. The van der Waals surface area contributed by atoms with Crippen LogP contribution in [-0.2, 0) is 16.6 Å². The normalized spacial score (nSPS) is 12.0. The summed E-state index contributed by atoms with van der Waals surface area (Å²) in [5, 5.41) is 4.71. The summed E-state index contributed by atoms with van der Waals surface area (Å²) in [6, 6.07) is 16.6. The largest absolute Gasteiger partial charge is 0.492 e. The van der Waals surface area contributed by atoms with Gasteiger partial charge in [-0.25, -0.2) is 17.4 Å². The van der Waals surface area contributed by atoms with Gasteiger partial charge in [0.2, 0.25) is 10.0 Å². The van der Waals surface area contributed by atoms with Crippen LogP contribution < -0.4 is 4.74 Å². The number of nitrogens with zero attached hydrogens (tertiary/aromatic N) is 4. The average Bonchev–Trinajstić information content (AvgIpc) is 3.03. The van der Waals surface area contributed by atoms with Crippen LogP contribution in [0.1, 0.15) is 17.0 Å². The van der Waals surface area contributed by atoms with Gasteiger partial charge in [-0.1, -0.05) is 18.2 Å². The maximum atomic E-state index is 12.1. The second-order valence-corrected chi connectivity index (χ2v) is 9.89. The molecule has 0 fully saturated rings. The number of rotatable bonds is 9. The minimum atomic E-state index is -3.43. The first-order valence-corrected chi connectivity index (χ1v) is 11.6. The standard InChI is InChI=1S/C23H30N4O3S/c1-18-23(19(2)27(24-18)20-9-7-6-8-10-20)17-26(5)15-16-30-21-11-13-22(14-12-21)31(28,29)25(3)4/h6-14H,15-17H2,1-5H3. The third kappa shape index (κ3) is 5.33. The van der Waals surface area contributed by atoms with Crippen molar-refractivity contribution in [3.8, 4) is 11.4 Å². The second kappa shape index (κ2) is 9.64. The molecule has 0 radical (unpaired) electrons. The van der Waals surface area contributed by atoms with Gasteiger partial charge in [0.05, 0.1) is 16.3 Å². The molecule has 0 saturated heterocycles. The molecule has 0 unspecified atom stereocenters. The summed E-state index contributed by atoms with van der Waals surface area (Å²) in [4.78, 5) is 2.44. The Morgan fingerprint density at radius 2 is 1.61 bits per heavy atom. The van der Waals surface area contributed by atoms with Crippen LogP contribution in [0.3, 0.4) is 0 Å². The molecule has 0 saturated carbocycles. The van der Waals surface area contributed by atoms with Gasteiger partial charge in [-0.15, -0.1) is 0 Å². The minimum Gasteiger partial charge on any atom is -0.492 e. The monoisotopic (exact) mass is 442 g/mol. The Balaban J connectivity index is 1.57. The third-order valence-electron chi connectivity index (χ3n) is 5.21. The van der Waals surface area contributed by atoms with Crippen molar-refractivity contribution in [2.45, 2.75) is 25.3 Å². The van der Waals surface area contributed by atoms with Crippen molar-refractivity contribution in [3.63, 3.8) is 0 Å². The van der Waals surface area contributed by atoms with E-state index in [0.717, 1.165) is 30.2 Å². The Morgan fingerprint density at radius 3 is 2.23 bits per heavy atom. The zero-order valence-electron chi connectivity index (χ0n) is 18.7. The smallest absolute Gasteiger partial charge is 0.242 e. The average molecular weight is 443 g/mol. The Bertz CT molecular complexity index is 1110. The van der Waals surface area contributed by atoms with E-state index in [4.69, 9.17) is 9.84 Å². The molecule has 0 N–H and O–H groups in total. The van der Waals surface area contributed by atoms with Gasteiger partial charge in [0.1, 0.15) is 12.4 Å². The van der Waals surface area contributed by atoms with Gasteiger partial charge in [0, 0.05) is 38.4 Å². The minimum absolute atomic E-state index is 0.253. The number of para-hydroxylation sites is 1. The molecule has 0 aliphatic carbocycles. The molecule has 166 valence electrons. The second-order valence-electron chi connectivity index (χ2n) is 7.74. The van der Waals surface area contributed by atoms with Gasteiger partial charge in [-0.05, 0) is 57.3 Å². The molecule has 0 aliphatic rings. The Morgan fingerprint density at radius 1 is 0.968 bits per heavy atom. The first-order chi connectivity index (χ1) is 14.7. The summed E-state index contributed by atoms with van der Waals surface area (Å²) in [7, 11) is 1.66. The lowest BCUT2D eigenvalue weighted by Crippen LogP contribution is -2.24. The molecule has 3 rings (SSSR count). The van der Waals surface area contributed by atoms with Crippen molar-refractivity contribution in [2.75, 3.05) is 34.3 Å². The van der Waals surface area contributed by atoms with Crippen molar-refractivity contribution in [2.24, 2.45) is 0 Å². The molecular formula is C23H30N4O3S. The van der Waals surface area contributed by atoms with E-state index in [1.165, 1.54) is 24.0 Å². The zero-order valence-corrected chi connectivity index (χ0v) is 19.6. The lowest BCUT2D eigenvalue weighted by atomic mass is 10.2. The molecule has 31 heavy (non-hydrogen) atoms. The van der Waals surface area contributed by atoms with Crippen LogP contribution in [0.4, 0.5) is 0 Å². The van der Waals surface area contributed by atoms with Crippen molar-refractivity contribution >= 4 is 10.0 Å². The number of sulfonamides is 1. The highest BCUT2D eigenvalue weighted by molar-refractivity contribution is 7.89. The van der Waals surface area contributed by atoms with Gasteiger partial charge in [0.15, 0.2) is 0 Å². The number of ether oxygens (including phenoxy) is 1. The number of likely N-dealkylation sites (N-methyl/N-ethyl adjacent to an activating group) is 1. The predicted octanol–water partition coefficient (Wildman–Crippen LogP) is 3.25. The zero-order chi connectivity index (χ0) is 22.6. The molecule has 2 aromatic carbocycles. The third-order valence-corrected chi connectivity index (χ3v) is 7.04. The first kappa shape index (κ1) is 23.0. The summed E-state index contributed by atoms with van der Waals surface area (Å²) in [5.41, 5.74) is 4.42. The van der Waals surface area contributed by atoms with Crippen molar-refractivity contribution in [1.82, 2.24) is 19.0 Å². The van der Waals surface area contributed by atoms with E-state index in [0.29, 0.717) is 12.4 Å². The Hall–Kier alpha value is -2.68. The van der Waals surface area contributed by atoms with Crippen molar-refractivity contribution < 1.29 is 13.2 Å². The molecule has 1 aromatic heterocycles. The fourth-order valence-electron chi connectivity index (χ4n) is 3.31. The lowest BCUT2D eigenvalue weighted by Gasteiger charge is -2.18. The van der Waals surface area contributed by atoms with Crippen LogP contribution in [-0.4, -0.2) is 61.7 Å². The van der Waals surface area contributed by atoms with E-state index in [1.807, 2.05) is 29.8 Å². The van der Waals surface area contributed by atoms with Gasteiger partial charge < -0.3 is 4.74 Å². The quantitative estimate of drug-likeness (QED) is 0.509. The van der Waals surface area contributed by atoms with E-state index in [1.54, 1.807) is 24.3 Å². The molecule has 3 aromatic rings. The van der Waals surface area contributed by atoms with Crippen LogP contribution in [0.25, 0.3) is 5.69 Å². The van der Waals surface area contributed by atoms with Crippen LogP contribution in [0.15, 0.2) is 59.5 Å². The summed E-state index contributed by atoms with van der Waals surface area (Å²) < 4.78 is 33.3. The van der Waals surface area contributed by atoms with E-state index in [-0.39, 0.29) is 4.90 Å². The van der Waals surface area contributed by atoms with Crippen LogP contribution in [0.2, 0.25) is 0 Å². The van der Waals surface area contributed by atoms with Crippen LogP contribution in [0.5, 0.6) is 5.75 Å². The molecular weight excluding hydrogens is 412 g/mol. The van der Waals surface area contributed by atoms with Gasteiger partial charge >= 0.3 is 0 Å². The number of benzene rings is 2. The molecule has 7 nitrogen and oxygen atoms in total. The number of hydrogen-bond acceptors (Lipinski definition) is 5. The van der Waals surface area contributed by atoms with E-state index >= 15 is 0 Å². The fraction of sp³-hybridized carbons (Fsp3) is 0.348. The van der Waals surface area contributed by atoms with Crippen molar-refractivity contribution in [3.05, 3.63) is 71.5 Å². The van der Waals surface area contributed by atoms with E-state index < -0.39 is 10.0 Å². The van der Waals surface area contributed by atoms with E-state index in [9.17, 15) is 8.42 Å². The summed E-state index contributed by atoms with van der Waals surface area (Å²) in [5.74, 6) is 0.648. The Kier molecular flexibility index (Phi) is 7.15. The maximum Gasteiger partial charge on any atom is 0.242 e. The summed E-state index contributed by atoms with van der Waals surface area (Å²) in [6.07, 6.45) is 0. The molecule has 0 spiro atoms. The maximum absolute atomic E-state index is 12.1. The fourth-order valence-corrected chi connectivity index (χ4v) is 4.21. The molecule has 1 heterocycles. The summed E-state index contributed by atoms with van der Waals surface area (Å²) >= 11 is 0. The molecule has 0 bridgehead atoms. The highest BCUT2D eigenvalue weighted by atomic mass is 32.2. The van der Waals surface area contributed by atoms with Gasteiger partial charge in [0.25, 0.3) is 0 Å². The Labute approximate surface area is 184 Å². The van der Waals surface area contributed by atoms with Crippen LogP contribution >= 0.6 is 0 Å². The number of hydrogen-bond donors (Lipinski definition) is 0. The predicted molar refractivity (Wildman–Crippen MR) is 122 cm³/mol. The van der Waals surface area contributed by atoms with Crippen molar-refractivity contribution in [1.29, 1.82) is 0 Å². The topological polar surface area (TPSA) is 67.7 Å². The van der Waals surface area contributed by atoms with Gasteiger partial charge in [-0.2, -0.15) is 5.10 Å². The lowest BCUT2D eigenvalue weighted by molar-refractivity contribution is 0.232. The SMILES string of the molecule is Cc1nn(-c2ccccc2)c(C)c1CN(C)CCOc1ccc(S(=O)(=O)N(C)C)cc1. The first-order valence-electron chi connectivity index (χ1n) is 10.1. The molecule has 0 aliphatic heterocycles. The molecule has 8 heteroatoms. The van der Waals surface area contributed by atoms with Gasteiger partial charge in [-0.3, -0.25) is 4.90 Å². The van der Waals surface area contributed by atoms with E-state index in [2.05, 4.69) is 31.0 Å². The highest BCUT2D eigenvalue weighted by Gasteiger charge is 2.17. The number of aryl methyl sites for hydroxylation is 1. The highest BCUT2D eigenvalue weighted by Crippen LogP contribution is 2.20. The molecule has 0 atom stereocenters. The van der Waals surface area contributed by atoms with Crippen LogP contribution in [0, 0.1) is 13.8 Å². The molecule has 0 amide bonds. The number of aromatic nitrogens is 2.